The minimum Gasteiger partial charge on any atom is -0.377 e. The van der Waals surface area contributed by atoms with E-state index in [0.717, 1.165) is 5.56 Å². The second kappa shape index (κ2) is 7.43. The Morgan fingerprint density at radius 1 is 1.12 bits per heavy atom. The third-order valence-electron chi connectivity index (χ3n) is 2.49. The van der Waals surface area contributed by atoms with Crippen molar-refractivity contribution in [2.75, 3.05) is 13.2 Å². The molecule has 0 aliphatic rings. The molecule has 0 aromatic heterocycles. The first-order valence-electron chi connectivity index (χ1n) is 6.18. The van der Waals surface area contributed by atoms with Crippen LogP contribution in [0.3, 0.4) is 0 Å². The van der Waals surface area contributed by atoms with Crippen LogP contribution in [0.4, 0.5) is 0 Å². The minimum absolute atomic E-state index is 0.0973. The summed E-state index contributed by atoms with van der Waals surface area (Å²) >= 11 is 0. The van der Waals surface area contributed by atoms with Gasteiger partial charge in [0.2, 0.25) is 0 Å². The van der Waals surface area contributed by atoms with E-state index in [-0.39, 0.29) is 18.2 Å². The molecule has 0 heterocycles. The molecule has 2 N–H and O–H groups in total. The molecule has 0 spiro atoms. The molecule has 0 saturated heterocycles. The van der Waals surface area contributed by atoms with E-state index in [9.17, 15) is 0 Å². The maximum atomic E-state index is 6.13. The second-order valence-electron chi connectivity index (χ2n) is 4.33. The van der Waals surface area contributed by atoms with Crippen LogP contribution in [0.2, 0.25) is 0 Å². The van der Waals surface area contributed by atoms with Gasteiger partial charge < -0.3 is 15.2 Å². The van der Waals surface area contributed by atoms with Gasteiger partial charge in [0.1, 0.15) is 0 Å². The van der Waals surface area contributed by atoms with Crippen molar-refractivity contribution in [3.63, 3.8) is 0 Å². The van der Waals surface area contributed by atoms with Crippen molar-refractivity contribution in [1.29, 1.82) is 0 Å². The van der Waals surface area contributed by atoms with Gasteiger partial charge in [0.25, 0.3) is 0 Å². The number of ether oxygens (including phenoxy) is 2. The van der Waals surface area contributed by atoms with Crippen LogP contribution in [-0.2, 0) is 9.47 Å². The van der Waals surface area contributed by atoms with Crippen LogP contribution < -0.4 is 5.73 Å². The molecule has 96 valence electrons. The fraction of sp³-hybridized carbons (Fsp3) is 0.571. The maximum Gasteiger partial charge on any atom is 0.0998 e. The molecule has 0 aliphatic heterocycles. The lowest BCUT2D eigenvalue weighted by molar-refractivity contribution is -0.00409. The van der Waals surface area contributed by atoms with Crippen molar-refractivity contribution in [1.82, 2.24) is 0 Å². The first-order valence-corrected chi connectivity index (χ1v) is 6.18. The average molecular weight is 237 g/mol. The van der Waals surface area contributed by atoms with Crippen LogP contribution >= 0.6 is 0 Å². The molecule has 1 aromatic carbocycles. The van der Waals surface area contributed by atoms with E-state index < -0.39 is 0 Å². The van der Waals surface area contributed by atoms with Crippen LogP contribution in [0, 0.1) is 0 Å². The van der Waals surface area contributed by atoms with Crippen LogP contribution in [0.15, 0.2) is 30.3 Å². The number of benzene rings is 1. The first-order chi connectivity index (χ1) is 8.15. The van der Waals surface area contributed by atoms with Crippen LogP contribution in [-0.4, -0.2) is 25.4 Å². The first kappa shape index (κ1) is 14.2. The molecule has 0 fully saturated rings. The largest absolute Gasteiger partial charge is 0.377 e. The van der Waals surface area contributed by atoms with Crippen LogP contribution in [0.25, 0.3) is 0 Å². The molecule has 0 bridgehead atoms. The molecule has 17 heavy (non-hydrogen) atoms. The summed E-state index contributed by atoms with van der Waals surface area (Å²) in [4.78, 5) is 0. The highest BCUT2D eigenvalue weighted by atomic mass is 16.5. The lowest BCUT2D eigenvalue weighted by Gasteiger charge is -2.25. The van der Waals surface area contributed by atoms with Crippen molar-refractivity contribution < 1.29 is 9.47 Å². The fourth-order valence-corrected chi connectivity index (χ4v) is 1.68. The smallest absolute Gasteiger partial charge is 0.0998 e. The van der Waals surface area contributed by atoms with Gasteiger partial charge in [-0.25, -0.2) is 0 Å². The lowest BCUT2D eigenvalue weighted by atomic mass is 10.0. The third-order valence-corrected chi connectivity index (χ3v) is 2.49. The van der Waals surface area contributed by atoms with Gasteiger partial charge in [0.05, 0.1) is 24.9 Å². The molecular formula is C14H23NO2. The third kappa shape index (κ3) is 4.86. The van der Waals surface area contributed by atoms with Crippen molar-refractivity contribution in [3.05, 3.63) is 35.9 Å². The molecule has 0 aliphatic carbocycles. The Kier molecular flexibility index (Phi) is 6.19. The summed E-state index contributed by atoms with van der Waals surface area (Å²) in [5.41, 5.74) is 7.24. The average Bonchev–Trinajstić information content (AvgIpc) is 2.34. The zero-order valence-corrected chi connectivity index (χ0v) is 10.9. The van der Waals surface area contributed by atoms with E-state index in [0.29, 0.717) is 13.2 Å². The summed E-state index contributed by atoms with van der Waals surface area (Å²) in [5.74, 6) is 0. The summed E-state index contributed by atoms with van der Waals surface area (Å²) in [6, 6.07) is 9.92. The van der Waals surface area contributed by atoms with Gasteiger partial charge in [0, 0.05) is 6.61 Å². The topological polar surface area (TPSA) is 44.5 Å². The van der Waals surface area contributed by atoms with Gasteiger partial charge in [-0.15, -0.1) is 0 Å². The number of hydrogen-bond acceptors (Lipinski definition) is 3. The molecule has 1 rings (SSSR count). The van der Waals surface area contributed by atoms with Crippen molar-refractivity contribution in [3.8, 4) is 0 Å². The second-order valence-corrected chi connectivity index (χ2v) is 4.33. The molecule has 0 saturated carbocycles. The monoisotopic (exact) mass is 237 g/mol. The lowest BCUT2D eigenvalue weighted by Crippen LogP contribution is -2.35. The Morgan fingerprint density at radius 3 is 2.29 bits per heavy atom. The Bertz CT molecular complexity index is 300. The SMILES string of the molecule is CCOC(c1ccccc1)C(N)COC(C)C. The zero-order valence-electron chi connectivity index (χ0n) is 10.9. The Morgan fingerprint density at radius 2 is 1.76 bits per heavy atom. The Balaban J connectivity index is 2.65. The van der Waals surface area contributed by atoms with E-state index >= 15 is 0 Å². The highest BCUT2D eigenvalue weighted by Gasteiger charge is 2.20. The highest BCUT2D eigenvalue weighted by molar-refractivity contribution is 5.19. The summed E-state index contributed by atoms with van der Waals surface area (Å²) in [6.45, 7) is 7.15. The highest BCUT2D eigenvalue weighted by Crippen LogP contribution is 2.20. The van der Waals surface area contributed by atoms with Crippen molar-refractivity contribution >= 4 is 0 Å². The number of nitrogens with two attached hydrogens (primary N) is 1. The van der Waals surface area contributed by atoms with E-state index in [2.05, 4.69) is 0 Å². The Hall–Kier alpha value is -0.900. The molecule has 0 radical (unpaired) electrons. The van der Waals surface area contributed by atoms with E-state index in [4.69, 9.17) is 15.2 Å². The van der Waals surface area contributed by atoms with Crippen molar-refractivity contribution in [2.24, 2.45) is 5.73 Å². The molecule has 3 nitrogen and oxygen atoms in total. The Labute approximate surface area is 104 Å². The molecule has 2 unspecified atom stereocenters. The number of hydrogen-bond donors (Lipinski definition) is 1. The fourth-order valence-electron chi connectivity index (χ4n) is 1.68. The van der Waals surface area contributed by atoms with Crippen LogP contribution in [0.1, 0.15) is 32.4 Å². The molecule has 2 atom stereocenters. The van der Waals surface area contributed by atoms with Gasteiger partial charge in [-0.05, 0) is 26.3 Å². The van der Waals surface area contributed by atoms with E-state index in [1.807, 2.05) is 51.1 Å². The van der Waals surface area contributed by atoms with Gasteiger partial charge >= 0.3 is 0 Å². The minimum atomic E-state index is -0.139. The van der Waals surface area contributed by atoms with E-state index in [1.165, 1.54) is 0 Å². The number of rotatable bonds is 7. The standard InChI is InChI=1S/C14H23NO2/c1-4-16-14(12-8-6-5-7-9-12)13(15)10-17-11(2)3/h5-9,11,13-14H,4,10,15H2,1-3H3. The van der Waals surface area contributed by atoms with Crippen LogP contribution in [0.5, 0.6) is 0 Å². The predicted molar refractivity (Wildman–Crippen MR) is 69.9 cm³/mol. The van der Waals surface area contributed by atoms with Gasteiger partial charge in [-0.2, -0.15) is 0 Å². The predicted octanol–water partition coefficient (Wildman–Crippen LogP) is 2.52. The maximum absolute atomic E-state index is 6.13. The van der Waals surface area contributed by atoms with Gasteiger partial charge in [0.15, 0.2) is 0 Å². The summed E-state index contributed by atoms with van der Waals surface area (Å²) in [7, 11) is 0. The molecule has 1 aromatic rings. The normalized spacial score (nSPS) is 14.9. The van der Waals surface area contributed by atoms with Crippen molar-refractivity contribution in [2.45, 2.75) is 39.0 Å². The molecular weight excluding hydrogens is 214 g/mol. The van der Waals surface area contributed by atoms with Gasteiger partial charge in [-0.1, -0.05) is 30.3 Å². The zero-order chi connectivity index (χ0) is 12.7. The van der Waals surface area contributed by atoms with Gasteiger partial charge in [-0.3, -0.25) is 0 Å². The summed E-state index contributed by atoms with van der Waals surface area (Å²) in [5, 5.41) is 0. The summed E-state index contributed by atoms with van der Waals surface area (Å²) in [6.07, 6.45) is 0.0963. The van der Waals surface area contributed by atoms with E-state index in [1.54, 1.807) is 0 Å². The quantitative estimate of drug-likeness (QED) is 0.792. The molecule has 0 amide bonds. The molecule has 3 heteroatoms. The summed E-state index contributed by atoms with van der Waals surface area (Å²) < 4.78 is 11.3.